The highest BCUT2D eigenvalue weighted by Crippen LogP contribution is 2.60. The van der Waals surface area contributed by atoms with Gasteiger partial charge in [-0.2, -0.15) is 0 Å². The summed E-state index contributed by atoms with van der Waals surface area (Å²) < 4.78 is 0. The van der Waals surface area contributed by atoms with Gasteiger partial charge >= 0.3 is 5.97 Å². The first kappa shape index (κ1) is 10.7. The minimum Gasteiger partial charge on any atom is -0.481 e. The first-order valence-electron chi connectivity index (χ1n) is 5.79. The highest BCUT2D eigenvalue weighted by molar-refractivity contribution is 5.70. The lowest BCUT2D eigenvalue weighted by molar-refractivity contribution is -0.144. The molecule has 84 valence electrons. The minimum absolute atomic E-state index is 0.240. The Labute approximate surface area is 91.4 Å². The van der Waals surface area contributed by atoms with E-state index in [-0.39, 0.29) is 11.8 Å². The molecule has 2 heteroatoms. The lowest BCUT2D eigenvalue weighted by Crippen LogP contribution is -2.49. The van der Waals surface area contributed by atoms with Crippen molar-refractivity contribution in [3.8, 4) is 0 Å². The number of carboxylic acids is 1. The number of hydrogen-bond donors (Lipinski definition) is 1. The predicted octanol–water partition coefficient (Wildman–Crippen LogP) is 2.95. The Hall–Kier alpha value is -0.790. The maximum absolute atomic E-state index is 11.0. The van der Waals surface area contributed by atoms with Gasteiger partial charge in [0.1, 0.15) is 0 Å². The number of carbonyl (C=O) groups is 1. The van der Waals surface area contributed by atoms with Crippen LogP contribution < -0.4 is 0 Å². The summed E-state index contributed by atoms with van der Waals surface area (Å²) in [4.78, 5) is 11.0. The third-order valence-corrected chi connectivity index (χ3v) is 4.80. The molecule has 0 spiro atoms. The van der Waals surface area contributed by atoms with Crippen molar-refractivity contribution in [1.82, 2.24) is 0 Å². The highest BCUT2D eigenvalue weighted by atomic mass is 16.4. The molecular weight excluding hydrogens is 188 g/mol. The molecule has 0 heterocycles. The standard InChI is InChI=1S/C13H20O2/c1-7-10(8(2)12(14)15)5-9-6-11(7)13(9,3)4/h5,7-8,10-11H,6H2,1-4H3,(H,14,15). The first-order chi connectivity index (χ1) is 6.85. The lowest BCUT2D eigenvalue weighted by Gasteiger charge is -2.57. The molecule has 1 saturated carbocycles. The molecule has 3 rings (SSSR count). The maximum atomic E-state index is 11.0. The molecule has 15 heavy (non-hydrogen) atoms. The van der Waals surface area contributed by atoms with Crippen LogP contribution in [0.15, 0.2) is 11.6 Å². The normalized spacial score (nSPS) is 38.9. The summed E-state index contributed by atoms with van der Waals surface area (Å²) in [6, 6.07) is 0. The van der Waals surface area contributed by atoms with Gasteiger partial charge in [-0.05, 0) is 29.6 Å². The smallest absolute Gasteiger partial charge is 0.306 e. The second-order valence-electron chi connectivity index (χ2n) is 5.79. The van der Waals surface area contributed by atoms with E-state index in [0.29, 0.717) is 17.3 Å². The topological polar surface area (TPSA) is 37.3 Å². The van der Waals surface area contributed by atoms with E-state index in [1.165, 1.54) is 12.0 Å². The third kappa shape index (κ3) is 1.34. The van der Waals surface area contributed by atoms with Gasteiger partial charge in [-0.25, -0.2) is 0 Å². The monoisotopic (exact) mass is 208 g/mol. The zero-order chi connectivity index (χ0) is 11.4. The Morgan fingerprint density at radius 2 is 2.20 bits per heavy atom. The van der Waals surface area contributed by atoms with Crippen LogP contribution in [0.3, 0.4) is 0 Å². The molecular formula is C13H20O2. The van der Waals surface area contributed by atoms with Crippen LogP contribution >= 0.6 is 0 Å². The summed E-state index contributed by atoms with van der Waals surface area (Å²) in [6.07, 6.45) is 3.43. The summed E-state index contributed by atoms with van der Waals surface area (Å²) in [5.41, 5.74) is 1.80. The number of carboxylic acid groups (broad SMARTS) is 1. The summed E-state index contributed by atoms with van der Waals surface area (Å²) >= 11 is 0. The molecule has 3 aliphatic rings. The second-order valence-corrected chi connectivity index (χ2v) is 5.79. The lowest BCUT2D eigenvalue weighted by atomic mass is 9.48. The van der Waals surface area contributed by atoms with Crippen LogP contribution in [0, 0.1) is 29.1 Å². The van der Waals surface area contributed by atoms with E-state index < -0.39 is 5.97 Å². The van der Waals surface area contributed by atoms with E-state index in [1.807, 2.05) is 6.92 Å². The summed E-state index contributed by atoms with van der Waals surface area (Å²) in [7, 11) is 0. The average molecular weight is 208 g/mol. The van der Waals surface area contributed by atoms with Gasteiger partial charge in [-0.1, -0.05) is 39.3 Å². The van der Waals surface area contributed by atoms with Gasteiger partial charge < -0.3 is 5.11 Å². The Balaban J connectivity index is 2.26. The van der Waals surface area contributed by atoms with Crippen LogP contribution in [0.4, 0.5) is 0 Å². The SMILES string of the molecule is CC(C(=O)O)C1C=C2CC(C1C)C2(C)C. The van der Waals surface area contributed by atoms with Crippen molar-refractivity contribution in [3.05, 3.63) is 11.6 Å². The van der Waals surface area contributed by atoms with Crippen molar-refractivity contribution in [1.29, 1.82) is 0 Å². The zero-order valence-electron chi connectivity index (χ0n) is 9.95. The molecule has 0 aromatic heterocycles. The number of hydrogen-bond acceptors (Lipinski definition) is 1. The van der Waals surface area contributed by atoms with Crippen molar-refractivity contribution >= 4 is 5.97 Å². The van der Waals surface area contributed by atoms with Crippen molar-refractivity contribution in [2.24, 2.45) is 29.1 Å². The number of rotatable bonds is 2. The molecule has 0 saturated heterocycles. The Morgan fingerprint density at radius 3 is 2.60 bits per heavy atom. The fourth-order valence-corrected chi connectivity index (χ4v) is 3.40. The van der Waals surface area contributed by atoms with E-state index >= 15 is 0 Å². The van der Waals surface area contributed by atoms with Gasteiger partial charge in [0.15, 0.2) is 0 Å². The number of fused-ring (bicyclic) bond motifs is 2. The molecule has 0 aromatic carbocycles. The number of aliphatic carboxylic acids is 1. The van der Waals surface area contributed by atoms with Crippen LogP contribution in [0.5, 0.6) is 0 Å². The first-order valence-corrected chi connectivity index (χ1v) is 5.79. The van der Waals surface area contributed by atoms with Gasteiger partial charge in [0.25, 0.3) is 0 Å². The molecule has 1 fully saturated rings. The van der Waals surface area contributed by atoms with E-state index in [0.717, 1.165) is 0 Å². The molecule has 0 amide bonds. The fraction of sp³-hybridized carbons (Fsp3) is 0.769. The van der Waals surface area contributed by atoms with Crippen molar-refractivity contribution < 1.29 is 9.90 Å². The van der Waals surface area contributed by atoms with E-state index in [4.69, 9.17) is 5.11 Å². The predicted molar refractivity (Wildman–Crippen MR) is 59.4 cm³/mol. The zero-order valence-corrected chi connectivity index (χ0v) is 9.95. The summed E-state index contributed by atoms with van der Waals surface area (Å²) in [5.74, 6) is 0.522. The van der Waals surface area contributed by atoms with Crippen molar-refractivity contribution in [3.63, 3.8) is 0 Å². The minimum atomic E-state index is -0.664. The Bertz CT molecular complexity index is 327. The summed E-state index contributed by atoms with van der Waals surface area (Å²) in [6.45, 7) is 8.61. The van der Waals surface area contributed by atoms with Gasteiger partial charge in [0.2, 0.25) is 0 Å². The molecule has 3 aliphatic carbocycles. The van der Waals surface area contributed by atoms with E-state index in [2.05, 4.69) is 26.8 Å². The molecule has 0 radical (unpaired) electrons. The molecule has 1 N–H and O–H groups in total. The third-order valence-electron chi connectivity index (χ3n) is 4.80. The van der Waals surface area contributed by atoms with Crippen LogP contribution in [-0.2, 0) is 4.79 Å². The van der Waals surface area contributed by atoms with Gasteiger partial charge in [-0.15, -0.1) is 0 Å². The highest BCUT2D eigenvalue weighted by Gasteiger charge is 2.52. The van der Waals surface area contributed by atoms with Crippen LogP contribution in [-0.4, -0.2) is 11.1 Å². The van der Waals surface area contributed by atoms with Gasteiger partial charge in [0, 0.05) is 0 Å². The summed E-state index contributed by atoms with van der Waals surface area (Å²) in [5, 5.41) is 9.05. The molecule has 2 bridgehead atoms. The molecule has 4 atom stereocenters. The van der Waals surface area contributed by atoms with Crippen molar-refractivity contribution in [2.75, 3.05) is 0 Å². The van der Waals surface area contributed by atoms with Gasteiger partial charge in [0.05, 0.1) is 5.92 Å². The second kappa shape index (κ2) is 3.10. The van der Waals surface area contributed by atoms with Crippen molar-refractivity contribution in [2.45, 2.75) is 34.1 Å². The quantitative estimate of drug-likeness (QED) is 0.708. The van der Waals surface area contributed by atoms with Crippen LogP contribution in [0.1, 0.15) is 34.1 Å². The Morgan fingerprint density at radius 1 is 1.60 bits per heavy atom. The molecule has 4 unspecified atom stereocenters. The average Bonchev–Trinajstić information content (AvgIpc) is 2.15. The molecule has 0 aromatic rings. The fourth-order valence-electron chi connectivity index (χ4n) is 3.40. The van der Waals surface area contributed by atoms with Gasteiger partial charge in [-0.3, -0.25) is 4.79 Å². The van der Waals surface area contributed by atoms with Crippen LogP contribution in [0.2, 0.25) is 0 Å². The van der Waals surface area contributed by atoms with Crippen LogP contribution in [0.25, 0.3) is 0 Å². The molecule has 2 nitrogen and oxygen atoms in total. The van der Waals surface area contributed by atoms with E-state index in [9.17, 15) is 4.79 Å². The van der Waals surface area contributed by atoms with E-state index in [1.54, 1.807) is 0 Å². The number of allylic oxidation sites excluding steroid dienone is 2. The Kier molecular flexibility index (Phi) is 2.21. The maximum Gasteiger partial charge on any atom is 0.306 e. The molecule has 0 aliphatic heterocycles. The largest absolute Gasteiger partial charge is 0.481 e.